The Bertz CT molecular complexity index is 418. The highest BCUT2D eigenvalue weighted by Gasteiger charge is 2.27. The molecule has 0 saturated carbocycles. The Morgan fingerprint density at radius 3 is 2.61 bits per heavy atom. The highest BCUT2D eigenvalue weighted by atomic mass is 35.5. The summed E-state index contributed by atoms with van der Waals surface area (Å²) in [5.41, 5.74) is 1.59. The van der Waals surface area contributed by atoms with E-state index in [1.807, 2.05) is 19.9 Å². The third kappa shape index (κ3) is 3.47. The zero-order valence-corrected chi connectivity index (χ0v) is 11.7. The third-order valence-corrected chi connectivity index (χ3v) is 3.35. The van der Waals surface area contributed by atoms with Gasteiger partial charge in [0.2, 0.25) is 0 Å². The van der Waals surface area contributed by atoms with Crippen LogP contribution in [0.2, 0.25) is 5.02 Å². The fraction of sp³-hybridized carbons (Fsp3) is 0.500. The molecule has 1 rings (SSSR count). The summed E-state index contributed by atoms with van der Waals surface area (Å²) in [6.45, 7) is 5.80. The van der Waals surface area contributed by atoms with Crippen molar-refractivity contribution < 1.29 is 14.6 Å². The van der Waals surface area contributed by atoms with Gasteiger partial charge in [-0.3, -0.25) is 4.79 Å². The van der Waals surface area contributed by atoms with Crippen molar-refractivity contribution in [2.45, 2.75) is 33.3 Å². The van der Waals surface area contributed by atoms with E-state index in [1.165, 1.54) is 0 Å². The second kappa shape index (κ2) is 6.76. The Hall–Kier alpha value is -1.06. The molecule has 0 aliphatic rings. The minimum absolute atomic E-state index is 0.316. The van der Waals surface area contributed by atoms with Crippen LogP contribution in [0.15, 0.2) is 18.2 Å². The number of aliphatic hydroxyl groups is 1. The summed E-state index contributed by atoms with van der Waals surface area (Å²) in [6.07, 6.45) is -0.363. The van der Waals surface area contributed by atoms with Crippen molar-refractivity contribution in [2.75, 3.05) is 6.61 Å². The standard InChI is InChI=1S/C14H19ClO3/c1-4-11(14(17)18-5-2)13(16)10-7-6-9(3)12(15)8-10/h6-8,11,13,16H,4-5H2,1-3H3. The maximum absolute atomic E-state index is 11.7. The highest BCUT2D eigenvalue weighted by Crippen LogP contribution is 2.28. The molecule has 0 bridgehead atoms. The molecule has 0 aliphatic heterocycles. The number of halogens is 1. The van der Waals surface area contributed by atoms with Gasteiger partial charge in [-0.15, -0.1) is 0 Å². The lowest BCUT2D eigenvalue weighted by Crippen LogP contribution is -2.24. The van der Waals surface area contributed by atoms with E-state index in [0.29, 0.717) is 23.6 Å². The molecule has 0 spiro atoms. The Morgan fingerprint density at radius 2 is 2.11 bits per heavy atom. The third-order valence-electron chi connectivity index (χ3n) is 2.95. The molecule has 18 heavy (non-hydrogen) atoms. The van der Waals surface area contributed by atoms with Gasteiger partial charge in [0.05, 0.1) is 18.6 Å². The fourth-order valence-electron chi connectivity index (χ4n) is 1.79. The molecule has 1 aromatic rings. The molecule has 1 aromatic carbocycles. The van der Waals surface area contributed by atoms with Crippen molar-refractivity contribution in [2.24, 2.45) is 5.92 Å². The molecule has 100 valence electrons. The molecule has 2 unspecified atom stereocenters. The minimum atomic E-state index is -0.882. The maximum atomic E-state index is 11.7. The SMILES string of the molecule is CCOC(=O)C(CC)C(O)c1ccc(C)c(Cl)c1. The number of rotatable bonds is 5. The van der Waals surface area contributed by atoms with E-state index in [4.69, 9.17) is 16.3 Å². The van der Waals surface area contributed by atoms with Crippen LogP contribution in [0.5, 0.6) is 0 Å². The zero-order valence-electron chi connectivity index (χ0n) is 10.9. The van der Waals surface area contributed by atoms with Crippen LogP contribution < -0.4 is 0 Å². The largest absolute Gasteiger partial charge is 0.466 e. The topological polar surface area (TPSA) is 46.5 Å². The first-order chi connectivity index (χ1) is 8.51. The highest BCUT2D eigenvalue weighted by molar-refractivity contribution is 6.31. The first kappa shape index (κ1) is 15.0. The van der Waals surface area contributed by atoms with Crippen molar-refractivity contribution in [3.05, 3.63) is 34.3 Å². The van der Waals surface area contributed by atoms with Gasteiger partial charge < -0.3 is 9.84 Å². The average molecular weight is 271 g/mol. The molecular weight excluding hydrogens is 252 g/mol. The van der Waals surface area contributed by atoms with E-state index < -0.39 is 12.0 Å². The van der Waals surface area contributed by atoms with Crippen LogP contribution in [0.25, 0.3) is 0 Å². The number of aliphatic hydroxyl groups excluding tert-OH is 1. The lowest BCUT2D eigenvalue weighted by molar-refractivity contribution is -0.152. The maximum Gasteiger partial charge on any atom is 0.311 e. The van der Waals surface area contributed by atoms with E-state index in [0.717, 1.165) is 5.56 Å². The summed E-state index contributed by atoms with van der Waals surface area (Å²) in [6, 6.07) is 5.32. The molecule has 0 radical (unpaired) electrons. The van der Waals surface area contributed by atoms with Crippen LogP contribution in [-0.2, 0) is 9.53 Å². The van der Waals surface area contributed by atoms with Crippen molar-refractivity contribution >= 4 is 17.6 Å². The smallest absolute Gasteiger partial charge is 0.311 e. The monoisotopic (exact) mass is 270 g/mol. The van der Waals surface area contributed by atoms with Gasteiger partial charge in [-0.2, -0.15) is 0 Å². The second-order valence-corrected chi connectivity index (χ2v) is 4.63. The molecule has 0 fully saturated rings. The van der Waals surface area contributed by atoms with Gasteiger partial charge in [-0.25, -0.2) is 0 Å². The number of carbonyl (C=O) groups is 1. The van der Waals surface area contributed by atoms with E-state index in [9.17, 15) is 9.90 Å². The molecule has 0 saturated heterocycles. The number of hydrogen-bond acceptors (Lipinski definition) is 3. The number of carbonyl (C=O) groups excluding carboxylic acids is 1. The number of hydrogen-bond donors (Lipinski definition) is 1. The molecule has 0 aliphatic carbocycles. The van der Waals surface area contributed by atoms with Gasteiger partial charge in [0, 0.05) is 5.02 Å². The lowest BCUT2D eigenvalue weighted by atomic mass is 9.93. The van der Waals surface area contributed by atoms with Crippen LogP contribution in [-0.4, -0.2) is 17.7 Å². The summed E-state index contributed by atoms with van der Waals surface area (Å²) in [4.78, 5) is 11.7. The first-order valence-electron chi connectivity index (χ1n) is 6.12. The Labute approximate surface area is 113 Å². The van der Waals surface area contributed by atoms with Crippen LogP contribution in [0, 0.1) is 12.8 Å². The normalized spacial score (nSPS) is 14.1. The Morgan fingerprint density at radius 1 is 1.44 bits per heavy atom. The van der Waals surface area contributed by atoms with Crippen molar-refractivity contribution in [3.63, 3.8) is 0 Å². The molecule has 2 atom stereocenters. The molecule has 0 heterocycles. The average Bonchev–Trinajstić information content (AvgIpc) is 2.33. The number of benzene rings is 1. The first-order valence-corrected chi connectivity index (χ1v) is 6.49. The van der Waals surface area contributed by atoms with Gasteiger partial charge in [-0.05, 0) is 37.5 Å². The van der Waals surface area contributed by atoms with Gasteiger partial charge in [0.25, 0.3) is 0 Å². The number of aryl methyl sites for hydroxylation is 1. The summed E-state index contributed by atoms with van der Waals surface area (Å²) < 4.78 is 4.96. The lowest BCUT2D eigenvalue weighted by Gasteiger charge is -2.20. The van der Waals surface area contributed by atoms with E-state index >= 15 is 0 Å². The predicted molar refractivity (Wildman–Crippen MR) is 71.6 cm³/mol. The summed E-state index contributed by atoms with van der Waals surface area (Å²) in [7, 11) is 0. The van der Waals surface area contributed by atoms with Crippen LogP contribution in [0.1, 0.15) is 37.5 Å². The van der Waals surface area contributed by atoms with Crippen LogP contribution >= 0.6 is 11.6 Å². The number of esters is 1. The molecule has 0 aromatic heterocycles. The van der Waals surface area contributed by atoms with E-state index in [-0.39, 0.29) is 5.97 Å². The Balaban J connectivity index is 2.92. The Kier molecular flexibility index (Phi) is 5.63. The van der Waals surface area contributed by atoms with Crippen molar-refractivity contribution in [3.8, 4) is 0 Å². The van der Waals surface area contributed by atoms with Crippen LogP contribution in [0.3, 0.4) is 0 Å². The van der Waals surface area contributed by atoms with Gasteiger partial charge in [0.1, 0.15) is 0 Å². The molecule has 1 N–H and O–H groups in total. The summed E-state index contributed by atoms with van der Waals surface area (Å²) in [5, 5.41) is 10.8. The second-order valence-electron chi connectivity index (χ2n) is 4.22. The van der Waals surface area contributed by atoms with Crippen LogP contribution in [0.4, 0.5) is 0 Å². The van der Waals surface area contributed by atoms with E-state index in [2.05, 4.69) is 0 Å². The molecule has 0 amide bonds. The van der Waals surface area contributed by atoms with Gasteiger partial charge in [0.15, 0.2) is 0 Å². The zero-order chi connectivity index (χ0) is 13.7. The molecule has 3 nitrogen and oxygen atoms in total. The summed E-state index contributed by atoms with van der Waals surface area (Å²) >= 11 is 6.02. The van der Waals surface area contributed by atoms with Crippen molar-refractivity contribution in [1.82, 2.24) is 0 Å². The number of ether oxygens (including phenoxy) is 1. The fourth-order valence-corrected chi connectivity index (χ4v) is 1.98. The summed E-state index contributed by atoms with van der Waals surface area (Å²) in [5.74, 6) is -0.923. The molecular formula is C14H19ClO3. The van der Waals surface area contributed by atoms with E-state index in [1.54, 1.807) is 19.1 Å². The predicted octanol–water partition coefficient (Wildman–Crippen LogP) is 3.27. The van der Waals surface area contributed by atoms with Gasteiger partial charge >= 0.3 is 5.97 Å². The van der Waals surface area contributed by atoms with Crippen molar-refractivity contribution in [1.29, 1.82) is 0 Å². The van der Waals surface area contributed by atoms with Gasteiger partial charge in [-0.1, -0.05) is 30.7 Å². The minimum Gasteiger partial charge on any atom is -0.466 e. The molecule has 4 heteroatoms. The quantitative estimate of drug-likeness (QED) is 0.836.